The average molecular weight is 416 g/mol. The molecule has 0 bridgehead atoms. The first-order valence-electron chi connectivity index (χ1n) is 9.08. The minimum absolute atomic E-state index is 0.0734. The van der Waals surface area contributed by atoms with Crippen LogP contribution >= 0.6 is 0 Å². The zero-order valence-electron chi connectivity index (χ0n) is 16.2. The van der Waals surface area contributed by atoms with Gasteiger partial charge in [0.1, 0.15) is 12.4 Å². The number of hydrogen-bond donors (Lipinski definition) is 1. The third-order valence-corrected chi connectivity index (χ3v) is 4.97. The van der Waals surface area contributed by atoms with Crippen molar-refractivity contribution in [3.8, 4) is 5.75 Å². The van der Waals surface area contributed by atoms with E-state index in [0.29, 0.717) is 17.0 Å². The number of carbonyl (C=O) groups excluding carboxylic acids is 2. The maximum atomic E-state index is 13.9. The molecular formula is C20H18F2N4O4. The summed E-state index contributed by atoms with van der Waals surface area (Å²) < 4.78 is 39.4. The standard InChI is InChI=1S/C20H18F2N4O4/c1-12-16(17(27)24-19(18(28)29-2)11-20(19,21)22)15-9-14(6-8-26(15)25-12)30-10-13-5-3-4-7-23-13/h3-9H,10-11H2,1-2H3,(H,24,27). The van der Waals surface area contributed by atoms with Crippen LogP contribution in [0.2, 0.25) is 0 Å². The number of aryl methyl sites for hydroxylation is 1. The van der Waals surface area contributed by atoms with Gasteiger partial charge >= 0.3 is 5.97 Å². The summed E-state index contributed by atoms with van der Waals surface area (Å²) in [6.07, 6.45) is 2.43. The Kier molecular flexibility index (Phi) is 4.64. The van der Waals surface area contributed by atoms with E-state index in [1.807, 2.05) is 12.1 Å². The molecule has 3 heterocycles. The number of esters is 1. The van der Waals surface area contributed by atoms with E-state index < -0.39 is 29.8 Å². The predicted molar refractivity (Wildman–Crippen MR) is 100 cm³/mol. The molecule has 3 aromatic rings. The molecule has 30 heavy (non-hydrogen) atoms. The lowest BCUT2D eigenvalue weighted by molar-refractivity contribution is -0.147. The van der Waals surface area contributed by atoms with Crippen LogP contribution in [0.15, 0.2) is 42.7 Å². The molecule has 1 atom stereocenters. The maximum Gasteiger partial charge on any atom is 0.338 e. The van der Waals surface area contributed by atoms with E-state index in [0.717, 1.165) is 12.8 Å². The topological polar surface area (TPSA) is 94.8 Å². The lowest BCUT2D eigenvalue weighted by atomic mass is 10.1. The van der Waals surface area contributed by atoms with Crippen LogP contribution < -0.4 is 10.1 Å². The Morgan fingerprint density at radius 3 is 2.70 bits per heavy atom. The minimum atomic E-state index is -3.37. The number of amides is 1. The monoisotopic (exact) mass is 416 g/mol. The van der Waals surface area contributed by atoms with Crippen molar-refractivity contribution in [2.24, 2.45) is 0 Å². The molecule has 0 aliphatic heterocycles. The van der Waals surface area contributed by atoms with Crippen LogP contribution in [0.25, 0.3) is 5.52 Å². The number of methoxy groups -OCH3 is 1. The molecule has 0 saturated heterocycles. The van der Waals surface area contributed by atoms with E-state index in [9.17, 15) is 18.4 Å². The summed E-state index contributed by atoms with van der Waals surface area (Å²) in [6, 6.07) is 8.67. The lowest BCUT2D eigenvalue weighted by Crippen LogP contribution is -2.48. The molecule has 10 heteroatoms. The van der Waals surface area contributed by atoms with Gasteiger partial charge < -0.3 is 14.8 Å². The molecular weight excluding hydrogens is 398 g/mol. The smallest absolute Gasteiger partial charge is 0.338 e. The van der Waals surface area contributed by atoms with Crippen LogP contribution in [0.5, 0.6) is 5.75 Å². The van der Waals surface area contributed by atoms with Gasteiger partial charge in [-0.1, -0.05) is 6.07 Å². The van der Waals surface area contributed by atoms with Crippen LogP contribution in [-0.4, -0.2) is 45.0 Å². The van der Waals surface area contributed by atoms with Gasteiger partial charge in [0, 0.05) is 18.5 Å². The summed E-state index contributed by atoms with van der Waals surface area (Å²) >= 11 is 0. The molecule has 1 unspecified atom stereocenters. The molecule has 4 rings (SSSR count). The molecule has 1 N–H and O–H groups in total. The molecule has 156 valence electrons. The number of halogens is 2. The van der Waals surface area contributed by atoms with Gasteiger partial charge in [0.15, 0.2) is 0 Å². The molecule has 1 saturated carbocycles. The van der Waals surface area contributed by atoms with Gasteiger partial charge in [-0.15, -0.1) is 0 Å². The average Bonchev–Trinajstić information content (AvgIpc) is 3.12. The van der Waals surface area contributed by atoms with Gasteiger partial charge in [-0.05, 0) is 25.1 Å². The number of pyridine rings is 2. The second kappa shape index (κ2) is 7.05. The van der Waals surface area contributed by atoms with E-state index in [1.54, 1.807) is 37.5 Å². The summed E-state index contributed by atoms with van der Waals surface area (Å²) in [5.74, 6) is -4.95. The van der Waals surface area contributed by atoms with Crippen LogP contribution in [0.1, 0.15) is 28.2 Å². The number of hydrogen-bond acceptors (Lipinski definition) is 6. The van der Waals surface area contributed by atoms with Crippen LogP contribution in [0.3, 0.4) is 0 Å². The van der Waals surface area contributed by atoms with E-state index in [1.165, 1.54) is 4.52 Å². The molecule has 1 aliphatic rings. The predicted octanol–water partition coefficient (Wildman–Crippen LogP) is 2.30. The number of fused-ring (bicyclic) bond motifs is 1. The molecule has 0 spiro atoms. The van der Waals surface area contributed by atoms with E-state index in [2.05, 4.69) is 20.1 Å². The largest absolute Gasteiger partial charge is 0.487 e. The van der Waals surface area contributed by atoms with Gasteiger partial charge in [-0.25, -0.2) is 18.1 Å². The number of nitrogens with one attached hydrogen (secondary N) is 1. The third-order valence-electron chi connectivity index (χ3n) is 4.97. The molecule has 1 fully saturated rings. The van der Waals surface area contributed by atoms with Crippen molar-refractivity contribution < 1.29 is 27.8 Å². The number of alkyl halides is 2. The second-order valence-corrected chi connectivity index (χ2v) is 6.99. The highest BCUT2D eigenvalue weighted by Gasteiger charge is 2.78. The van der Waals surface area contributed by atoms with Crippen LogP contribution in [0, 0.1) is 6.92 Å². The summed E-state index contributed by atoms with van der Waals surface area (Å²) in [5.41, 5.74) is -0.891. The Morgan fingerprint density at radius 2 is 2.07 bits per heavy atom. The number of aromatic nitrogens is 3. The van der Waals surface area contributed by atoms with E-state index in [4.69, 9.17) is 4.74 Å². The highest BCUT2D eigenvalue weighted by atomic mass is 19.3. The van der Waals surface area contributed by atoms with Gasteiger partial charge in [-0.3, -0.25) is 9.78 Å². The Morgan fingerprint density at radius 1 is 1.30 bits per heavy atom. The van der Waals surface area contributed by atoms with Crippen molar-refractivity contribution in [2.45, 2.75) is 31.4 Å². The number of carbonyl (C=O) groups is 2. The highest BCUT2D eigenvalue weighted by Crippen LogP contribution is 2.53. The first-order valence-corrected chi connectivity index (χ1v) is 9.08. The Bertz CT molecular complexity index is 1130. The molecule has 1 amide bonds. The van der Waals surface area contributed by atoms with Gasteiger partial charge in [0.2, 0.25) is 5.54 Å². The summed E-state index contributed by atoms with van der Waals surface area (Å²) in [4.78, 5) is 28.9. The van der Waals surface area contributed by atoms with Gasteiger partial charge in [-0.2, -0.15) is 5.10 Å². The normalized spacial score (nSPS) is 19.3. The fourth-order valence-corrected chi connectivity index (χ4v) is 3.28. The van der Waals surface area contributed by atoms with Crippen molar-refractivity contribution >= 4 is 17.4 Å². The van der Waals surface area contributed by atoms with Crippen molar-refractivity contribution in [1.29, 1.82) is 0 Å². The molecule has 0 aromatic carbocycles. The molecule has 8 nitrogen and oxygen atoms in total. The zero-order valence-corrected chi connectivity index (χ0v) is 16.2. The number of rotatable bonds is 6. The van der Waals surface area contributed by atoms with E-state index >= 15 is 0 Å². The van der Waals surface area contributed by atoms with Crippen molar-refractivity contribution in [3.63, 3.8) is 0 Å². The van der Waals surface area contributed by atoms with Crippen molar-refractivity contribution in [3.05, 3.63) is 59.7 Å². The zero-order chi connectivity index (χ0) is 21.5. The fourth-order valence-electron chi connectivity index (χ4n) is 3.28. The highest BCUT2D eigenvalue weighted by molar-refractivity contribution is 6.05. The molecule has 3 aromatic heterocycles. The first kappa shape index (κ1) is 19.7. The summed E-state index contributed by atoms with van der Waals surface area (Å²) in [7, 11) is 0.996. The summed E-state index contributed by atoms with van der Waals surface area (Å²) in [5, 5.41) is 6.38. The quantitative estimate of drug-likeness (QED) is 0.620. The van der Waals surface area contributed by atoms with Crippen molar-refractivity contribution in [2.75, 3.05) is 7.11 Å². The number of ether oxygens (including phenoxy) is 2. The Balaban J connectivity index is 1.61. The van der Waals surface area contributed by atoms with Crippen LogP contribution in [-0.2, 0) is 16.1 Å². The summed E-state index contributed by atoms with van der Waals surface area (Å²) in [6.45, 7) is 1.79. The first-order chi connectivity index (χ1) is 14.3. The third kappa shape index (κ3) is 3.23. The fraction of sp³-hybridized carbons (Fsp3) is 0.300. The Hall–Kier alpha value is -3.56. The SMILES string of the molecule is COC(=O)C1(NC(=O)c2c(C)nn3ccc(OCc4ccccn4)cc23)CC1(F)F. The number of nitrogens with zero attached hydrogens (tertiary/aromatic N) is 3. The van der Waals surface area contributed by atoms with Crippen molar-refractivity contribution in [1.82, 2.24) is 19.9 Å². The van der Waals surface area contributed by atoms with E-state index in [-0.39, 0.29) is 12.2 Å². The van der Waals surface area contributed by atoms with Gasteiger partial charge in [0.05, 0.1) is 36.0 Å². The maximum absolute atomic E-state index is 13.9. The second-order valence-electron chi connectivity index (χ2n) is 6.99. The molecule has 1 aliphatic carbocycles. The van der Waals surface area contributed by atoms with Gasteiger partial charge in [0.25, 0.3) is 11.8 Å². The molecule has 0 radical (unpaired) electrons. The minimum Gasteiger partial charge on any atom is -0.487 e. The lowest BCUT2D eigenvalue weighted by Gasteiger charge is -2.16. The Labute approximate surface area is 169 Å². The van der Waals surface area contributed by atoms with Crippen LogP contribution in [0.4, 0.5) is 8.78 Å².